The molecular weight excluding hydrogens is 431 g/mol. The van der Waals surface area contributed by atoms with Gasteiger partial charge in [0.25, 0.3) is 0 Å². The number of nitrogens with one attached hydrogen (secondary N) is 1. The van der Waals surface area contributed by atoms with E-state index in [0.717, 1.165) is 24.6 Å². The summed E-state index contributed by atoms with van der Waals surface area (Å²) in [7, 11) is 0. The van der Waals surface area contributed by atoms with Crippen molar-refractivity contribution in [3.63, 3.8) is 0 Å². The van der Waals surface area contributed by atoms with Gasteiger partial charge < -0.3 is 15.9 Å². The Morgan fingerprint density at radius 2 is 1.81 bits per heavy atom. The maximum Gasteiger partial charge on any atom is 0.387 e. The maximum atomic E-state index is 13.3. The summed E-state index contributed by atoms with van der Waals surface area (Å²) in [6.45, 7) is -2.92. The molecule has 3 N–H and O–H groups in total. The number of hydrogen-bond donors (Lipinski definition) is 2. The minimum absolute atomic E-state index is 0.00422. The molecule has 1 aliphatic rings. The molecule has 0 radical (unpaired) electrons. The average Bonchev–Trinajstić information content (AvgIpc) is 3.48. The Kier molecular flexibility index (Phi) is 6.03. The smallest absolute Gasteiger partial charge is 0.387 e. The highest BCUT2D eigenvalue weighted by atomic mass is 32.2. The third-order valence-corrected chi connectivity index (χ3v) is 5.77. The number of alkyl halides is 2. The largest absolute Gasteiger partial charge is 0.435 e. The highest BCUT2D eigenvalue weighted by molar-refractivity contribution is 8.00. The summed E-state index contributed by atoms with van der Waals surface area (Å²) in [5.74, 6) is 5.81. The van der Waals surface area contributed by atoms with Crippen molar-refractivity contribution < 1.29 is 22.7 Å². The standard InChI is InChI=1S/C20H18F3N5O2S/c21-13-5-1-11(2-6-13)16(18(29)25-14-7-8-14)31-20-27-26-17(28(20)24)12-3-9-15(10-4-12)30-19(22)23/h1-6,9-10,14,16,19H,7-8,24H2,(H,25,29). The summed E-state index contributed by atoms with van der Waals surface area (Å²) < 4.78 is 43.5. The van der Waals surface area contributed by atoms with Gasteiger partial charge in [-0.15, -0.1) is 10.2 Å². The van der Waals surface area contributed by atoms with Gasteiger partial charge in [0.1, 0.15) is 16.8 Å². The third-order valence-electron chi connectivity index (χ3n) is 4.56. The zero-order valence-corrected chi connectivity index (χ0v) is 16.9. The van der Waals surface area contributed by atoms with Crippen molar-refractivity contribution in [1.82, 2.24) is 20.2 Å². The summed E-state index contributed by atoms with van der Waals surface area (Å²) in [5.41, 5.74) is 1.13. The third kappa shape index (κ3) is 5.10. The van der Waals surface area contributed by atoms with Gasteiger partial charge in [0.2, 0.25) is 11.1 Å². The molecular formula is C20H18F3N5O2S. The molecule has 2 aromatic carbocycles. The molecule has 3 aromatic rings. The van der Waals surface area contributed by atoms with Gasteiger partial charge in [-0.05, 0) is 54.8 Å². The van der Waals surface area contributed by atoms with Gasteiger partial charge in [-0.2, -0.15) is 8.78 Å². The number of hydrogen-bond acceptors (Lipinski definition) is 6. The van der Waals surface area contributed by atoms with E-state index in [2.05, 4.69) is 20.3 Å². The lowest BCUT2D eigenvalue weighted by molar-refractivity contribution is -0.120. The molecule has 0 saturated heterocycles. The molecule has 1 fully saturated rings. The highest BCUT2D eigenvalue weighted by Gasteiger charge is 2.30. The van der Waals surface area contributed by atoms with Crippen LogP contribution in [0.1, 0.15) is 23.7 Å². The minimum Gasteiger partial charge on any atom is -0.435 e. The van der Waals surface area contributed by atoms with Crippen molar-refractivity contribution in [2.45, 2.75) is 35.9 Å². The molecule has 1 aromatic heterocycles. The number of rotatable bonds is 8. The molecule has 1 unspecified atom stereocenters. The number of carbonyl (C=O) groups excluding carboxylic acids is 1. The van der Waals surface area contributed by atoms with Gasteiger partial charge in [-0.25, -0.2) is 9.07 Å². The van der Waals surface area contributed by atoms with E-state index in [9.17, 15) is 18.0 Å². The molecule has 1 aliphatic carbocycles. The lowest BCUT2D eigenvalue weighted by atomic mass is 10.1. The van der Waals surface area contributed by atoms with E-state index in [1.807, 2.05) is 0 Å². The van der Waals surface area contributed by atoms with Gasteiger partial charge >= 0.3 is 6.61 Å². The van der Waals surface area contributed by atoms with Crippen molar-refractivity contribution >= 4 is 17.7 Å². The summed E-state index contributed by atoms with van der Waals surface area (Å²) in [5, 5.41) is 10.6. The fraction of sp³-hybridized carbons (Fsp3) is 0.250. The number of carbonyl (C=O) groups is 1. The second-order valence-corrected chi connectivity index (χ2v) is 7.98. The summed E-state index contributed by atoms with van der Waals surface area (Å²) in [6, 6.07) is 11.6. The number of halogens is 3. The molecule has 31 heavy (non-hydrogen) atoms. The number of nitrogens with two attached hydrogens (primary N) is 1. The molecule has 1 saturated carbocycles. The molecule has 1 atom stereocenters. The predicted molar refractivity (Wildman–Crippen MR) is 108 cm³/mol. The van der Waals surface area contributed by atoms with Crippen LogP contribution in [0.5, 0.6) is 5.75 Å². The molecule has 7 nitrogen and oxygen atoms in total. The van der Waals surface area contributed by atoms with E-state index < -0.39 is 17.7 Å². The van der Waals surface area contributed by atoms with Crippen molar-refractivity contribution in [3.05, 3.63) is 59.9 Å². The van der Waals surface area contributed by atoms with Crippen LogP contribution in [0.4, 0.5) is 13.2 Å². The van der Waals surface area contributed by atoms with Crippen molar-refractivity contribution in [3.8, 4) is 17.1 Å². The first-order valence-electron chi connectivity index (χ1n) is 9.39. The monoisotopic (exact) mass is 449 g/mol. The number of ether oxygens (including phenoxy) is 1. The highest BCUT2D eigenvalue weighted by Crippen LogP contribution is 2.36. The molecule has 11 heteroatoms. The van der Waals surface area contributed by atoms with Crippen LogP contribution in [0.15, 0.2) is 53.7 Å². The second kappa shape index (κ2) is 8.88. The number of aromatic nitrogens is 3. The second-order valence-electron chi connectivity index (χ2n) is 6.91. The Morgan fingerprint density at radius 1 is 1.13 bits per heavy atom. The lowest BCUT2D eigenvalue weighted by Gasteiger charge is -2.16. The normalized spacial score (nSPS) is 14.5. The SMILES string of the molecule is Nn1c(SC(C(=O)NC2CC2)c2ccc(F)cc2)nnc1-c1ccc(OC(F)F)cc1. The number of amides is 1. The molecule has 162 valence electrons. The van der Waals surface area contributed by atoms with Crippen LogP contribution in [0.25, 0.3) is 11.4 Å². The van der Waals surface area contributed by atoms with Crippen LogP contribution < -0.4 is 15.9 Å². The molecule has 0 aliphatic heterocycles. The van der Waals surface area contributed by atoms with Crippen molar-refractivity contribution in [2.75, 3.05) is 5.84 Å². The number of nitrogen functional groups attached to an aromatic ring is 1. The van der Waals surface area contributed by atoms with E-state index in [1.54, 1.807) is 12.1 Å². The zero-order valence-electron chi connectivity index (χ0n) is 16.0. The molecule has 4 rings (SSSR count). The Labute approximate surface area is 179 Å². The number of nitrogens with zero attached hydrogens (tertiary/aromatic N) is 3. The van der Waals surface area contributed by atoms with E-state index in [1.165, 1.54) is 41.1 Å². The lowest BCUT2D eigenvalue weighted by Crippen LogP contribution is -2.30. The Morgan fingerprint density at radius 3 is 2.42 bits per heavy atom. The molecule has 1 heterocycles. The molecule has 1 amide bonds. The first kappa shape index (κ1) is 21.0. The quantitative estimate of drug-likeness (QED) is 0.404. The Hall–Kier alpha value is -3.21. The number of benzene rings is 2. The Bertz CT molecular complexity index is 1060. The van der Waals surface area contributed by atoms with Crippen LogP contribution >= 0.6 is 11.8 Å². The topological polar surface area (TPSA) is 95.1 Å². The number of thioether (sulfide) groups is 1. The summed E-state index contributed by atoms with van der Waals surface area (Å²) >= 11 is 1.09. The van der Waals surface area contributed by atoms with Crippen molar-refractivity contribution in [2.24, 2.45) is 0 Å². The van der Waals surface area contributed by atoms with Gasteiger partial charge in [-0.1, -0.05) is 23.9 Å². The van der Waals surface area contributed by atoms with Crippen LogP contribution in [-0.2, 0) is 4.79 Å². The van der Waals surface area contributed by atoms with Gasteiger partial charge in [0.05, 0.1) is 0 Å². The predicted octanol–water partition coefficient (Wildman–Crippen LogP) is 3.51. The van der Waals surface area contributed by atoms with E-state index in [0.29, 0.717) is 11.1 Å². The summed E-state index contributed by atoms with van der Waals surface area (Å²) in [6.07, 6.45) is 1.85. The first-order chi connectivity index (χ1) is 14.9. The summed E-state index contributed by atoms with van der Waals surface area (Å²) in [4.78, 5) is 12.8. The Balaban J connectivity index is 1.57. The average molecular weight is 449 g/mol. The zero-order chi connectivity index (χ0) is 22.0. The van der Waals surface area contributed by atoms with E-state index in [-0.39, 0.29) is 28.7 Å². The van der Waals surface area contributed by atoms with Crippen molar-refractivity contribution in [1.29, 1.82) is 0 Å². The van der Waals surface area contributed by atoms with Crippen LogP contribution in [0.3, 0.4) is 0 Å². The fourth-order valence-corrected chi connectivity index (χ4v) is 3.83. The van der Waals surface area contributed by atoms with Gasteiger partial charge in [0.15, 0.2) is 5.82 Å². The minimum atomic E-state index is -2.92. The van der Waals surface area contributed by atoms with Gasteiger partial charge in [0, 0.05) is 11.6 Å². The first-order valence-corrected chi connectivity index (χ1v) is 10.3. The van der Waals surface area contributed by atoms with Crippen LogP contribution in [-0.4, -0.2) is 33.4 Å². The van der Waals surface area contributed by atoms with E-state index >= 15 is 0 Å². The van der Waals surface area contributed by atoms with Crippen LogP contribution in [0.2, 0.25) is 0 Å². The van der Waals surface area contributed by atoms with Crippen LogP contribution in [0, 0.1) is 5.82 Å². The molecule has 0 bridgehead atoms. The van der Waals surface area contributed by atoms with Gasteiger partial charge in [-0.3, -0.25) is 4.79 Å². The fourth-order valence-electron chi connectivity index (χ4n) is 2.86. The van der Waals surface area contributed by atoms with E-state index in [4.69, 9.17) is 5.84 Å². The molecule has 0 spiro atoms. The maximum absolute atomic E-state index is 13.3.